The van der Waals surface area contributed by atoms with Gasteiger partial charge in [-0.15, -0.1) is 10.2 Å². The van der Waals surface area contributed by atoms with E-state index in [-0.39, 0.29) is 17.3 Å². The molecule has 0 bridgehead atoms. The molecule has 4 heterocycles. The van der Waals surface area contributed by atoms with Crippen molar-refractivity contribution in [2.45, 2.75) is 43.9 Å². The van der Waals surface area contributed by atoms with Crippen LogP contribution in [0, 0.1) is 0 Å². The van der Waals surface area contributed by atoms with Crippen LogP contribution in [0.15, 0.2) is 30.5 Å². The molecule has 2 aliphatic heterocycles. The van der Waals surface area contributed by atoms with Gasteiger partial charge in [-0.1, -0.05) is 6.42 Å². The van der Waals surface area contributed by atoms with Crippen molar-refractivity contribution in [3.63, 3.8) is 0 Å². The summed E-state index contributed by atoms with van der Waals surface area (Å²) in [6, 6.07) is 5.24. The van der Waals surface area contributed by atoms with Crippen LogP contribution in [0.25, 0.3) is 16.8 Å². The molecular weight excluding hydrogens is 397 g/mol. The Labute approximate surface area is 170 Å². The fraction of sp³-hybridized carbons (Fsp3) is 0.450. The number of anilines is 1. The number of phenolic OH excluding ortho intramolecular Hbond substituents is 1. The lowest BCUT2D eigenvalue weighted by Gasteiger charge is -2.32. The molecule has 2 fully saturated rings. The van der Waals surface area contributed by atoms with E-state index in [9.17, 15) is 18.3 Å². The Morgan fingerprint density at radius 1 is 1.07 bits per heavy atom. The van der Waals surface area contributed by atoms with Crippen LogP contribution in [0.5, 0.6) is 5.75 Å². The van der Waals surface area contributed by atoms with Crippen LogP contribution >= 0.6 is 0 Å². The van der Waals surface area contributed by atoms with Crippen LogP contribution in [0.1, 0.15) is 31.2 Å². The van der Waals surface area contributed by atoms with Gasteiger partial charge in [0.1, 0.15) is 11.4 Å². The van der Waals surface area contributed by atoms with Gasteiger partial charge < -0.3 is 10.4 Å². The zero-order valence-corrected chi connectivity index (χ0v) is 16.1. The summed E-state index contributed by atoms with van der Waals surface area (Å²) in [5.74, 6) is -0.0147. The third-order valence-electron chi connectivity index (χ3n) is 6.08. The molecule has 2 saturated heterocycles. The summed E-state index contributed by atoms with van der Waals surface area (Å²) in [4.78, 5) is 2.50. The molecule has 2 aliphatic rings. The van der Waals surface area contributed by atoms with Gasteiger partial charge in [-0.2, -0.15) is 22.8 Å². The number of aromatic hydroxyl groups is 1. The zero-order chi connectivity index (χ0) is 20.9. The second-order valence-electron chi connectivity index (χ2n) is 7.87. The first-order valence-electron chi connectivity index (χ1n) is 10.0. The SMILES string of the molecule is Oc1cc(C(F)(F)F)ccc1-c1nnc(N[C@@H]2CCN3CCCC[C@H]23)n2nccc12. The summed E-state index contributed by atoms with van der Waals surface area (Å²) >= 11 is 0. The van der Waals surface area contributed by atoms with Crippen molar-refractivity contribution in [1.82, 2.24) is 24.7 Å². The summed E-state index contributed by atoms with van der Waals surface area (Å²) < 4.78 is 40.3. The van der Waals surface area contributed by atoms with Gasteiger partial charge in [0.2, 0.25) is 5.95 Å². The fourth-order valence-electron chi connectivity index (χ4n) is 4.61. The maximum Gasteiger partial charge on any atom is 0.416 e. The smallest absolute Gasteiger partial charge is 0.416 e. The van der Waals surface area contributed by atoms with E-state index < -0.39 is 17.5 Å². The number of hydrogen-bond acceptors (Lipinski definition) is 6. The largest absolute Gasteiger partial charge is 0.507 e. The van der Waals surface area contributed by atoms with E-state index in [0.717, 1.165) is 32.0 Å². The van der Waals surface area contributed by atoms with E-state index in [1.54, 1.807) is 16.8 Å². The molecule has 0 unspecified atom stereocenters. The first-order valence-corrected chi connectivity index (χ1v) is 10.0. The van der Waals surface area contributed by atoms with Crippen molar-refractivity contribution in [1.29, 1.82) is 0 Å². The van der Waals surface area contributed by atoms with Gasteiger partial charge in [0.15, 0.2) is 0 Å². The number of piperidine rings is 1. The van der Waals surface area contributed by atoms with Gasteiger partial charge >= 0.3 is 6.18 Å². The summed E-state index contributed by atoms with van der Waals surface area (Å²) in [6.07, 6.45) is 1.65. The highest BCUT2D eigenvalue weighted by Crippen LogP contribution is 2.37. The lowest BCUT2D eigenvalue weighted by Crippen LogP contribution is -2.42. The van der Waals surface area contributed by atoms with Crippen LogP contribution < -0.4 is 5.32 Å². The Hall–Kier alpha value is -2.88. The molecule has 30 heavy (non-hydrogen) atoms. The molecule has 0 saturated carbocycles. The molecule has 2 N–H and O–H groups in total. The molecule has 7 nitrogen and oxygen atoms in total. The van der Waals surface area contributed by atoms with Gasteiger partial charge in [0, 0.05) is 24.2 Å². The van der Waals surface area contributed by atoms with Crippen molar-refractivity contribution in [3.05, 3.63) is 36.0 Å². The monoisotopic (exact) mass is 418 g/mol. The minimum Gasteiger partial charge on any atom is -0.507 e. The van der Waals surface area contributed by atoms with Crippen molar-refractivity contribution in [2.24, 2.45) is 0 Å². The van der Waals surface area contributed by atoms with Crippen LogP contribution in [-0.4, -0.2) is 55.0 Å². The average molecular weight is 418 g/mol. The number of aromatic nitrogens is 4. The molecule has 5 rings (SSSR count). The number of nitrogens with zero attached hydrogens (tertiary/aromatic N) is 5. The Morgan fingerprint density at radius 3 is 2.73 bits per heavy atom. The molecule has 158 valence electrons. The van der Waals surface area contributed by atoms with Crippen molar-refractivity contribution in [2.75, 3.05) is 18.4 Å². The second-order valence-corrected chi connectivity index (χ2v) is 7.87. The Kier molecular flexibility index (Phi) is 4.53. The van der Waals surface area contributed by atoms with Gasteiger partial charge in [-0.3, -0.25) is 4.90 Å². The number of halogens is 3. The lowest BCUT2D eigenvalue weighted by atomic mass is 9.99. The van der Waals surface area contributed by atoms with Crippen molar-refractivity contribution < 1.29 is 18.3 Å². The molecule has 3 aromatic rings. The second kappa shape index (κ2) is 7.12. The minimum atomic E-state index is -4.53. The summed E-state index contributed by atoms with van der Waals surface area (Å²) in [5.41, 5.74) is 0.0840. The number of benzene rings is 1. The number of alkyl halides is 3. The van der Waals surface area contributed by atoms with Crippen LogP contribution in [0.2, 0.25) is 0 Å². The first-order chi connectivity index (χ1) is 14.4. The van der Waals surface area contributed by atoms with E-state index in [1.165, 1.54) is 18.9 Å². The number of fused-ring (bicyclic) bond motifs is 2. The fourth-order valence-corrected chi connectivity index (χ4v) is 4.61. The molecule has 2 atom stereocenters. The number of nitrogens with one attached hydrogen (secondary N) is 1. The quantitative estimate of drug-likeness (QED) is 0.677. The van der Waals surface area contributed by atoms with Gasteiger partial charge in [-0.05, 0) is 50.1 Å². The third-order valence-corrected chi connectivity index (χ3v) is 6.08. The molecule has 2 aromatic heterocycles. The van der Waals surface area contributed by atoms with E-state index >= 15 is 0 Å². The summed E-state index contributed by atoms with van der Waals surface area (Å²) in [6.45, 7) is 2.17. The summed E-state index contributed by atoms with van der Waals surface area (Å²) in [5, 5.41) is 26.5. The molecule has 0 radical (unpaired) electrons. The number of hydrogen-bond donors (Lipinski definition) is 2. The van der Waals surface area contributed by atoms with E-state index in [2.05, 4.69) is 25.5 Å². The molecule has 0 aliphatic carbocycles. The highest BCUT2D eigenvalue weighted by molar-refractivity contribution is 5.80. The highest BCUT2D eigenvalue weighted by Gasteiger charge is 2.36. The standard InChI is InChI=1S/C20H21F3N6O/c21-20(22,23)12-4-5-13(17(30)11-12)18-16-6-8-24-29(16)19(27-26-18)25-14-7-10-28-9-2-1-3-15(14)28/h4-6,8,11,14-15,30H,1-3,7,9-10H2,(H,25,27)/t14-,15-/m1/s1. The number of phenols is 1. The maximum absolute atomic E-state index is 12.9. The molecule has 0 spiro atoms. The normalized spacial score (nSPS) is 22.4. The number of rotatable bonds is 3. The van der Waals surface area contributed by atoms with Crippen LogP contribution in [0.4, 0.5) is 19.1 Å². The average Bonchev–Trinajstić information content (AvgIpc) is 3.36. The molecule has 0 amide bonds. The Morgan fingerprint density at radius 2 is 1.93 bits per heavy atom. The Bertz CT molecular complexity index is 1080. The van der Waals surface area contributed by atoms with Crippen LogP contribution in [-0.2, 0) is 6.18 Å². The predicted octanol–water partition coefficient (Wildman–Crippen LogP) is 3.55. The van der Waals surface area contributed by atoms with Gasteiger partial charge in [-0.25, -0.2) is 0 Å². The topological polar surface area (TPSA) is 78.6 Å². The molecule has 1 aromatic carbocycles. The van der Waals surface area contributed by atoms with Crippen molar-refractivity contribution in [3.8, 4) is 17.0 Å². The van der Waals surface area contributed by atoms with E-state index in [4.69, 9.17) is 0 Å². The molecule has 10 heteroatoms. The first kappa shape index (κ1) is 19.1. The predicted molar refractivity (Wildman–Crippen MR) is 104 cm³/mol. The van der Waals surface area contributed by atoms with E-state index in [0.29, 0.717) is 23.6 Å². The third kappa shape index (κ3) is 3.24. The Balaban J connectivity index is 1.48. The van der Waals surface area contributed by atoms with Crippen LogP contribution in [0.3, 0.4) is 0 Å². The maximum atomic E-state index is 12.9. The van der Waals surface area contributed by atoms with Crippen molar-refractivity contribution >= 4 is 11.5 Å². The highest BCUT2D eigenvalue weighted by atomic mass is 19.4. The minimum absolute atomic E-state index is 0.173. The lowest BCUT2D eigenvalue weighted by molar-refractivity contribution is -0.137. The van der Waals surface area contributed by atoms with E-state index in [1.807, 2.05) is 0 Å². The van der Waals surface area contributed by atoms with Gasteiger partial charge in [0.25, 0.3) is 0 Å². The zero-order valence-electron chi connectivity index (χ0n) is 16.1. The molecular formula is C20H21F3N6O. The summed E-state index contributed by atoms with van der Waals surface area (Å²) in [7, 11) is 0. The van der Waals surface area contributed by atoms with Gasteiger partial charge in [0.05, 0.1) is 17.3 Å².